The van der Waals surface area contributed by atoms with Crippen molar-refractivity contribution < 1.29 is 28.7 Å². The minimum atomic E-state index is -0.249. The van der Waals surface area contributed by atoms with Gasteiger partial charge in [0.2, 0.25) is 17.7 Å². The minimum absolute atomic E-state index is 0.0794. The average Bonchev–Trinajstić information content (AvgIpc) is 4.08. The van der Waals surface area contributed by atoms with Crippen LogP contribution in [0.2, 0.25) is 0 Å². The highest BCUT2D eigenvalue weighted by molar-refractivity contribution is 6.18. The van der Waals surface area contributed by atoms with Gasteiger partial charge < -0.3 is 19.1 Å². The second kappa shape index (κ2) is 14.1. The fourth-order valence-corrected chi connectivity index (χ4v) is 5.92. The van der Waals surface area contributed by atoms with E-state index < -0.39 is 0 Å². The van der Waals surface area contributed by atoms with Crippen LogP contribution < -0.4 is 14.4 Å². The number of carbonyl (C=O) groups excluding carboxylic acids is 2. The third-order valence-electron chi connectivity index (χ3n) is 9.06. The van der Waals surface area contributed by atoms with Gasteiger partial charge >= 0.3 is 0 Å². The molecule has 1 aromatic heterocycles. The number of aliphatic hydroxyl groups excluding tert-OH is 1. The number of hydrogen-bond donors (Lipinski definition) is 1. The third kappa shape index (κ3) is 7.15. The molecule has 1 heterocycles. The quantitative estimate of drug-likeness (QED) is 0.127. The highest BCUT2D eigenvalue weighted by Crippen LogP contribution is 2.48. The fraction of sp³-hybridized carbons (Fsp3) is 0.293. The summed E-state index contributed by atoms with van der Waals surface area (Å²) in [6.07, 6.45) is 2.98. The number of amides is 2. The summed E-state index contributed by atoms with van der Waals surface area (Å²) in [7, 11) is 0. The lowest BCUT2D eigenvalue weighted by molar-refractivity contribution is -0.128. The second-order valence-electron chi connectivity index (χ2n) is 13.2. The van der Waals surface area contributed by atoms with Crippen molar-refractivity contribution in [1.82, 2.24) is 5.16 Å². The zero-order valence-corrected chi connectivity index (χ0v) is 27.8. The molecule has 0 atom stereocenters. The molecule has 5 aromatic rings. The third-order valence-corrected chi connectivity index (χ3v) is 9.06. The maximum Gasteiger partial charge on any atom is 0.249 e. The maximum absolute atomic E-state index is 13.8. The second-order valence-corrected chi connectivity index (χ2v) is 13.2. The van der Waals surface area contributed by atoms with E-state index >= 15 is 0 Å². The molecular formula is C41H40N2O6. The van der Waals surface area contributed by atoms with Gasteiger partial charge in [0, 0.05) is 23.5 Å². The lowest BCUT2D eigenvalue weighted by Gasteiger charge is -2.21. The van der Waals surface area contributed by atoms with Gasteiger partial charge in [0.1, 0.15) is 30.4 Å². The largest absolute Gasteiger partial charge is 0.488 e. The molecule has 0 saturated heterocycles. The number of nitrogens with zero attached hydrogens (tertiary/aromatic N) is 2. The summed E-state index contributed by atoms with van der Waals surface area (Å²) >= 11 is 0. The first-order valence-corrected chi connectivity index (χ1v) is 17.0. The normalized spacial score (nSPS) is 14.1. The predicted octanol–water partition coefficient (Wildman–Crippen LogP) is 8.46. The smallest absolute Gasteiger partial charge is 0.249 e. The molecule has 0 spiro atoms. The van der Waals surface area contributed by atoms with E-state index in [2.05, 4.69) is 19.0 Å². The Labute approximate surface area is 286 Å². The van der Waals surface area contributed by atoms with E-state index in [-0.39, 0.29) is 42.1 Å². The Hall–Kier alpha value is -5.21. The number of hydrogen-bond acceptors (Lipinski definition) is 7. The standard InChI is InChI=1S/C41H40N2O6/c1-26(2)33-21-34(36(48-25-29-11-7-4-8-12-29)22-35(33)47-24-28-9-5-3-6-10-28)38-37(30-15-13-27(23-44)14-16-30)41(49-42-38)43(39(45)31-17-18-31)40(46)32-19-20-32/h3-16,21-22,26,31-32,44H,17-20,23-25H2,1-2H3. The lowest BCUT2D eigenvalue weighted by atomic mass is 9.94. The topological polar surface area (TPSA) is 102 Å². The molecule has 0 radical (unpaired) electrons. The Bertz CT molecular complexity index is 1900. The maximum atomic E-state index is 13.8. The molecule has 0 aliphatic heterocycles. The zero-order chi connectivity index (χ0) is 33.9. The van der Waals surface area contributed by atoms with Gasteiger partial charge in [-0.05, 0) is 65.5 Å². The van der Waals surface area contributed by atoms with E-state index in [1.54, 1.807) is 0 Å². The first kappa shape index (κ1) is 32.3. The molecule has 1 N–H and O–H groups in total. The number of anilines is 1. The van der Waals surface area contributed by atoms with Crippen LogP contribution in [0.1, 0.15) is 67.7 Å². The summed E-state index contributed by atoms with van der Waals surface area (Å²) in [4.78, 5) is 28.8. The van der Waals surface area contributed by atoms with Crippen molar-refractivity contribution >= 4 is 17.7 Å². The van der Waals surface area contributed by atoms with E-state index in [0.717, 1.165) is 47.9 Å². The number of ether oxygens (including phenoxy) is 2. The fourth-order valence-electron chi connectivity index (χ4n) is 5.92. The molecule has 2 amide bonds. The molecule has 2 saturated carbocycles. The monoisotopic (exact) mass is 656 g/mol. The molecule has 49 heavy (non-hydrogen) atoms. The van der Waals surface area contributed by atoms with E-state index in [9.17, 15) is 14.7 Å². The number of imide groups is 1. The van der Waals surface area contributed by atoms with Crippen LogP contribution >= 0.6 is 0 Å². The molecule has 250 valence electrons. The molecule has 0 bridgehead atoms. The van der Waals surface area contributed by atoms with E-state index in [1.165, 1.54) is 4.90 Å². The molecule has 8 heteroatoms. The van der Waals surface area contributed by atoms with Gasteiger partial charge in [0.15, 0.2) is 0 Å². The predicted molar refractivity (Wildman–Crippen MR) is 187 cm³/mol. The Balaban J connectivity index is 1.39. The molecular weight excluding hydrogens is 616 g/mol. The van der Waals surface area contributed by atoms with Gasteiger partial charge in [-0.25, -0.2) is 4.90 Å². The van der Waals surface area contributed by atoms with Crippen LogP contribution in [0.4, 0.5) is 5.88 Å². The van der Waals surface area contributed by atoms with Crippen LogP contribution in [-0.4, -0.2) is 22.1 Å². The van der Waals surface area contributed by atoms with Crippen LogP contribution in [0, 0.1) is 11.8 Å². The van der Waals surface area contributed by atoms with Gasteiger partial charge in [-0.15, -0.1) is 0 Å². The summed E-state index contributed by atoms with van der Waals surface area (Å²) < 4.78 is 19.1. The summed E-state index contributed by atoms with van der Waals surface area (Å²) in [6.45, 7) is 4.77. The van der Waals surface area contributed by atoms with Gasteiger partial charge in [-0.3, -0.25) is 9.59 Å². The molecule has 2 aliphatic rings. The minimum Gasteiger partial charge on any atom is -0.488 e. The Morgan fingerprint density at radius 3 is 1.84 bits per heavy atom. The summed E-state index contributed by atoms with van der Waals surface area (Å²) in [5.41, 5.74) is 6.04. The van der Waals surface area contributed by atoms with Crippen molar-refractivity contribution in [2.24, 2.45) is 11.8 Å². The van der Waals surface area contributed by atoms with Crippen LogP contribution in [-0.2, 0) is 29.4 Å². The Morgan fingerprint density at radius 2 is 1.33 bits per heavy atom. The van der Waals surface area contributed by atoms with Crippen molar-refractivity contribution in [3.8, 4) is 33.9 Å². The number of aliphatic hydroxyl groups is 1. The average molecular weight is 657 g/mol. The van der Waals surface area contributed by atoms with Crippen molar-refractivity contribution in [3.05, 3.63) is 119 Å². The molecule has 4 aromatic carbocycles. The summed E-state index contributed by atoms with van der Waals surface area (Å²) in [5.74, 6) is 0.497. The van der Waals surface area contributed by atoms with E-state index in [0.29, 0.717) is 47.1 Å². The Kier molecular flexibility index (Phi) is 9.31. The molecule has 7 rings (SSSR count). The van der Waals surface area contributed by atoms with Crippen LogP contribution in [0.3, 0.4) is 0 Å². The zero-order valence-electron chi connectivity index (χ0n) is 27.8. The molecule has 8 nitrogen and oxygen atoms in total. The van der Waals surface area contributed by atoms with Crippen molar-refractivity contribution in [1.29, 1.82) is 0 Å². The van der Waals surface area contributed by atoms with Gasteiger partial charge in [-0.2, -0.15) is 0 Å². The molecule has 2 fully saturated rings. The number of aromatic nitrogens is 1. The highest BCUT2D eigenvalue weighted by Gasteiger charge is 2.45. The van der Waals surface area contributed by atoms with Crippen LogP contribution in [0.5, 0.6) is 11.5 Å². The van der Waals surface area contributed by atoms with Gasteiger partial charge in [0.25, 0.3) is 0 Å². The SMILES string of the molecule is CC(C)c1cc(-c2noc(N(C(=O)C3CC3)C(=O)C3CC3)c2-c2ccc(CO)cc2)c(OCc2ccccc2)cc1OCc1ccccc1. The summed E-state index contributed by atoms with van der Waals surface area (Å²) in [6, 6.07) is 31.2. The number of carbonyl (C=O) groups is 2. The summed E-state index contributed by atoms with van der Waals surface area (Å²) in [5, 5.41) is 14.4. The van der Waals surface area contributed by atoms with E-state index in [1.807, 2.05) is 97.1 Å². The first-order chi connectivity index (χ1) is 23.9. The van der Waals surface area contributed by atoms with Crippen LogP contribution in [0.15, 0.2) is 102 Å². The number of benzene rings is 4. The van der Waals surface area contributed by atoms with Crippen molar-refractivity contribution in [3.63, 3.8) is 0 Å². The van der Waals surface area contributed by atoms with Crippen molar-refractivity contribution in [2.45, 2.75) is 65.3 Å². The first-order valence-electron chi connectivity index (χ1n) is 17.0. The van der Waals surface area contributed by atoms with E-state index in [4.69, 9.17) is 14.0 Å². The van der Waals surface area contributed by atoms with Crippen molar-refractivity contribution in [2.75, 3.05) is 4.90 Å². The molecule has 0 unspecified atom stereocenters. The Morgan fingerprint density at radius 1 is 0.776 bits per heavy atom. The number of rotatable bonds is 13. The van der Waals surface area contributed by atoms with Gasteiger partial charge in [-0.1, -0.05) is 104 Å². The molecule has 2 aliphatic carbocycles. The highest BCUT2D eigenvalue weighted by atomic mass is 16.5. The lowest BCUT2D eigenvalue weighted by Crippen LogP contribution is -2.39. The van der Waals surface area contributed by atoms with Crippen LogP contribution in [0.25, 0.3) is 22.4 Å². The van der Waals surface area contributed by atoms with Gasteiger partial charge in [0.05, 0.1) is 12.2 Å².